The van der Waals surface area contributed by atoms with Crippen molar-refractivity contribution in [1.29, 1.82) is 0 Å². The molecule has 5 aromatic carbocycles. The van der Waals surface area contributed by atoms with Crippen LogP contribution in [0.15, 0.2) is 138 Å². The van der Waals surface area contributed by atoms with Gasteiger partial charge in [0.2, 0.25) is 0 Å². The third kappa shape index (κ3) is 4.33. The van der Waals surface area contributed by atoms with E-state index in [1.54, 1.807) is 0 Å². The molecule has 0 radical (unpaired) electrons. The average Bonchev–Trinajstić information content (AvgIpc) is 3.00. The fourth-order valence-corrected chi connectivity index (χ4v) is 5.63. The van der Waals surface area contributed by atoms with Gasteiger partial charge in [-0.2, -0.15) is 0 Å². The highest BCUT2D eigenvalue weighted by Gasteiger charge is 2.42. The number of unbranched alkanes of at least 4 members (excludes halogenated alkanes) is 1. The molecule has 1 aliphatic rings. The van der Waals surface area contributed by atoms with Crippen molar-refractivity contribution in [1.82, 2.24) is 0 Å². The van der Waals surface area contributed by atoms with Crippen molar-refractivity contribution in [2.75, 3.05) is 5.32 Å². The Labute approximate surface area is 225 Å². The summed E-state index contributed by atoms with van der Waals surface area (Å²) in [5, 5.41) is 4.16. The number of nitrogens with one attached hydrogen (secondary N) is 1. The van der Waals surface area contributed by atoms with Gasteiger partial charge in [-0.3, -0.25) is 0 Å². The fourth-order valence-electron chi connectivity index (χ4n) is 5.63. The number of rotatable bonds is 7. The van der Waals surface area contributed by atoms with E-state index in [0.717, 1.165) is 47.5 Å². The van der Waals surface area contributed by atoms with Gasteiger partial charge in [0.25, 0.3) is 0 Å². The second-order valence-electron chi connectivity index (χ2n) is 9.94. The summed E-state index contributed by atoms with van der Waals surface area (Å²) in [6, 6.07) is 47.3. The van der Waals surface area contributed by atoms with Crippen molar-refractivity contribution < 1.29 is 0 Å². The summed E-state index contributed by atoms with van der Waals surface area (Å²) in [4.78, 5) is 5.62. The van der Waals surface area contributed by atoms with E-state index in [-0.39, 0.29) is 0 Å². The van der Waals surface area contributed by atoms with E-state index >= 15 is 0 Å². The minimum atomic E-state index is -0.454. The third-order valence-electron chi connectivity index (χ3n) is 7.53. The molecule has 0 saturated heterocycles. The summed E-state index contributed by atoms with van der Waals surface area (Å²) in [7, 11) is 0. The summed E-state index contributed by atoms with van der Waals surface area (Å²) in [6.45, 7) is 2.26. The predicted molar refractivity (Wildman–Crippen MR) is 161 cm³/mol. The van der Waals surface area contributed by atoms with Gasteiger partial charge in [-0.15, -0.1) is 0 Å². The molecule has 2 heteroatoms. The Kier molecular flexibility index (Phi) is 6.62. The molecule has 0 unspecified atom stereocenters. The maximum atomic E-state index is 5.62. The number of fused-ring (bicyclic) bond motifs is 1. The first-order chi connectivity index (χ1) is 18.8. The lowest BCUT2D eigenvalue weighted by Crippen LogP contribution is -2.46. The third-order valence-corrected chi connectivity index (χ3v) is 7.53. The van der Waals surface area contributed by atoms with Gasteiger partial charge in [0.1, 0.15) is 5.54 Å². The Bertz CT molecular complexity index is 1540. The van der Waals surface area contributed by atoms with Gasteiger partial charge in [0.05, 0.1) is 17.1 Å². The Hall–Kier alpha value is -4.43. The molecule has 1 aliphatic heterocycles. The molecule has 2 nitrogen and oxygen atoms in total. The topological polar surface area (TPSA) is 24.4 Å². The second kappa shape index (κ2) is 10.5. The van der Waals surface area contributed by atoms with Crippen LogP contribution in [0.5, 0.6) is 0 Å². The molecule has 1 atom stereocenters. The Morgan fingerprint density at radius 1 is 0.579 bits per heavy atom. The Morgan fingerprint density at radius 2 is 1.08 bits per heavy atom. The maximum absolute atomic E-state index is 5.62. The maximum Gasteiger partial charge on any atom is 0.106 e. The summed E-state index contributed by atoms with van der Waals surface area (Å²) in [6.07, 6.45) is 3.15. The SMILES string of the molecule is CCCC[C@]1(c2ccccc2)Nc2c(-c3ccccc3)ccc(-c3ccccc3)c2N=C1c1ccccc1. The predicted octanol–water partition coefficient (Wildman–Crippen LogP) is 9.65. The van der Waals surface area contributed by atoms with Gasteiger partial charge >= 0.3 is 0 Å². The second-order valence-corrected chi connectivity index (χ2v) is 9.94. The quantitative estimate of drug-likeness (QED) is 0.240. The molecule has 0 fully saturated rings. The van der Waals surface area contributed by atoms with E-state index in [1.807, 2.05) is 0 Å². The molecule has 1 heterocycles. The molecule has 38 heavy (non-hydrogen) atoms. The molecule has 0 saturated carbocycles. The number of anilines is 1. The first-order valence-electron chi connectivity index (χ1n) is 13.6. The molecule has 0 aliphatic carbocycles. The monoisotopic (exact) mass is 492 g/mol. The van der Waals surface area contributed by atoms with Gasteiger partial charge in [-0.25, -0.2) is 4.99 Å². The van der Waals surface area contributed by atoms with Crippen molar-refractivity contribution in [3.8, 4) is 22.3 Å². The van der Waals surface area contributed by atoms with Crippen LogP contribution >= 0.6 is 0 Å². The summed E-state index contributed by atoms with van der Waals surface area (Å²) >= 11 is 0. The Morgan fingerprint density at radius 3 is 1.66 bits per heavy atom. The molecule has 6 rings (SSSR count). The van der Waals surface area contributed by atoms with Crippen LogP contribution in [-0.4, -0.2) is 5.71 Å². The highest BCUT2D eigenvalue weighted by Crippen LogP contribution is 2.51. The molecule has 0 amide bonds. The van der Waals surface area contributed by atoms with Crippen molar-refractivity contribution in [2.24, 2.45) is 4.99 Å². The van der Waals surface area contributed by atoms with Gasteiger partial charge in [0, 0.05) is 11.1 Å². The lowest BCUT2D eigenvalue weighted by atomic mass is 9.76. The van der Waals surface area contributed by atoms with Crippen molar-refractivity contribution in [2.45, 2.75) is 31.7 Å². The lowest BCUT2D eigenvalue weighted by Gasteiger charge is -2.42. The van der Waals surface area contributed by atoms with Crippen LogP contribution < -0.4 is 5.32 Å². The van der Waals surface area contributed by atoms with Crippen LogP contribution in [0.3, 0.4) is 0 Å². The highest BCUT2D eigenvalue weighted by atomic mass is 15.1. The van der Waals surface area contributed by atoms with Crippen LogP contribution in [0.4, 0.5) is 11.4 Å². The molecular formula is C36H32N2. The fraction of sp³-hybridized carbons (Fsp3) is 0.139. The summed E-state index contributed by atoms with van der Waals surface area (Å²) < 4.78 is 0. The number of aliphatic imine (C=N–C) groups is 1. The number of hydrogen-bond donors (Lipinski definition) is 1. The molecule has 0 spiro atoms. The van der Waals surface area contributed by atoms with Crippen LogP contribution in [0.1, 0.15) is 37.3 Å². The van der Waals surface area contributed by atoms with Crippen molar-refractivity contribution in [3.63, 3.8) is 0 Å². The zero-order valence-corrected chi connectivity index (χ0v) is 21.8. The van der Waals surface area contributed by atoms with Crippen LogP contribution in [0.25, 0.3) is 22.3 Å². The van der Waals surface area contributed by atoms with Crippen LogP contribution in [0, 0.1) is 0 Å². The zero-order chi connectivity index (χ0) is 25.8. The van der Waals surface area contributed by atoms with Crippen molar-refractivity contribution in [3.05, 3.63) is 145 Å². The van der Waals surface area contributed by atoms with Gasteiger partial charge < -0.3 is 5.32 Å². The minimum Gasteiger partial charge on any atom is -0.368 e. The minimum absolute atomic E-state index is 0.454. The number of nitrogens with zero attached hydrogens (tertiary/aromatic N) is 1. The first-order valence-corrected chi connectivity index (χ1v) is 13.6. The molecule has 0 bridgehead atoms. The van der Waals surface area contributed by atoms with E-state index in [0.29, 0.717) is 0 Å². The standard InChI is InChI=1S/C36H32N2/c1-2-3-26-36(30-22-14-7-15-23-30)35(29-20-12-6-13-21-29)37-33-31(27-16-8-4-9-17-27)24-25-32(34(33)38-36)28-18-10-5-11-19-28/h4-25,38H,2-3,26H2,1H3/t36-/m1/s1. The normalized spacial score (nSPS) is 16.3. The number of benzene rings is 5. The van der Waals surface area contributed by atoms with Crippen LogP contribution in [-0.2, 0) is 5.54 Å². The summed E-state index contributed by atoms with van der Waals surface area (Å²) in [5.74, 6) is 0. The first kappa shape index (κ1) is 23.9. The van der Waals surface area contributed by atoms with Gasteiger partial charge in [-0.1, -0.05) is 153 Å². The highest BCUT2D eigenvalue weighted by molar-refractivity contribution is 6.15. The van der Waals surface area contributed by atoms with Crippen LogP contribution in [0.2, 0.25) is 0 Å². The van der Waals surface area contributed by atoms with E-state index in [1.165, 1.54) is 22.3 Å². The van der Waals surface area contributed by atoms with E-state index < -0.39 is 5.54 Å². The lowest BCUT2D eigenvalue weighted by molar-refractivity contribution is 0.552. The van der Waals surface area contributed by atoms with Gasteiger partial charge in [-0.05, 0) is 28.7 Å². The van der Waals surface area contributed by atoms with E-state index in [4.69, 9.17) is 4.99 Å². The van der Waals surface area contributed by atoms with Crippen molar-refractivity contribution >= 4 is 17.1 Å². The van der Waals surface area contributed by atoms with E-state index in [9.17, 15) is 0 Å². The number of hydrogen-bond acceptors (Lipinski definition) is 2. The van der Waals surface area contributed by atoms with E-state index in [2.05, 4.69) is 146 Å². The molecule has 0 aromatic heterocycles. The molecule has 1 N–H and O–H groups in total. The zero-order valence-electron chi connectivity index (χ0n) is 21.8. The Balaban J connectivity index is 1.69. The molecule has 5 aromatic rings. The van der Waals surface area contributed by atoms with Gasteiger partial charge in [0.15, 0.2) is 0 Å². The molecular weight excluding hydrogens is 460 g/mol. The largest absolute Gasteiger partial charge is 0.368 e. The molecule has 186 valence electrons. The average molecular weight is 493 g/mol. The summed E-state index contributed by atoms with van der Waals surface area (Å²) in [5.41, 5.74) is 9.77. The smallest absolute Gasteiger partial charge is 0.106 e.